The summed E-state index contributed by atoms with van der Waals surface area (Å²) in [6.45, 7) is 5.17. The maximum atomic E-state index is 12.3. The first-order chi connectivity index (χ1) is 9.22. The topological polar surface area (TPSA) is 28.5 Å². The number of aryl methyl sites for hydroxylation is 1. The molecule has 0 radical (unpaired) electrons. The van der Waals surface area contributed by atoms with E-state index in [4.69, 9.17) is 0 Å². The number of fused-ring (bicyclic) bond motifs is 1. The van der Waals surface area contributed by atoms with E-state index < -0.39 is 0 Å². The van der Waals surface area contributed by atoms with E-state index in [2.05, 4.69) is 9.80 Å². The minimum atomic E-state index is 0.257. The lowest BCUT2D eigenvalue weighted by atomic mass is 10.2. The summed E-state index contributed by atoms with van der Waals surface area (Å²) in [5, 5.41) is 0. The number of ketones is 1. The van der Waals surface area contributed by atoms with Gasteiger partial charge < -0.3 is 4.57 Å². The molecule has 3 heterocycles. The third-order valence-electron chi connectivity index (χ3n) is 4.41. The second kappa shape index (κ2) is 5.47. The quantitative estimate of drug-likeness (QED) is 0.770. The van der Waals surface area contributed by atoms with Crippen molar-refractivity contribution in [3.63, 3.8) is 0 Å². The third kappa shape index (κ3) is 2.90. The van der Waals surface area contributed by atoms with Crippen molar-refractivity contribution in [1.82, 2.24) is 14.4 Å². The van der Waals surface area contributed by atoms with E-state index in [1.54, 1.807) is 0 Å². The lowest BCUT2D eigenvalue weighted by molar-refractivity contribution is 0.0925. The summed E-state index contributed by atoms with van der Waals surface area (Å²) < 4.78 is 1.94. The average molecular weight is 261 g/mol. The predicted octanol–water partition coefficient (Wildman–Crippen LogP) is 1.38. The van der Waals surface area contributed by atoms with Gasteiger partial charge >= 0.3 is 0 Å². The van der Waals surface area contributed by atoms with Gasteiger partial charge in [0.2, 0.25) is 0 Å². The standard InChI is InChI=1S/C15H23N3O/c1-16-9-5-13(10-16)15(19)12-17-6-3-8-18-7-2-4-14(18)11-17/h5,9-10,14H,2-4,6-8,11-12H2,1H3. The molecule has 0 amide bonds. The predicted molar refractivity (Wildman–Crippen MR) is 75.4 cm³/mol. The number of aromatic nitrogens is 1. The normalized spacial score (nSPS) is 25.2. The molecule has 2 aliphatic heterocycles. The Bertz CT molecular complexity index is 454. The highest BCUT2D eigenvalue weighted by Gasteiger charge is 2.29. The fraction of sp³-hybridized carbons (Fsp3) is 0.667. The fourth-order valence-electron chi connectivity index (χ4n) is 3.39. The monoisotopic (exact) mass is 261 g/mol. The lowest BCUT2D eigenvalue weighted by Gasteiger charge is -2.24. The summed E-state index contributed by atoms with van der Waals surface area (Å²) >= 11 is 0. The number of hydrogen-bond donors (Lipinski definition) is 0. The molecule has 3 rings (SSSR count). The zero-order chi connectivity index (χ0) is 13.2. The number of carbonyl (C=O) groups excluding carboxylic acids is 1. The van der Waals surface area contributed by atoms with Crippen LogP contribution in [0.3, 0.4) is 0 Å². The van der Waals surface area contributed by atoms with Crippen molar-refractivity contribution in [3.8, 4) is 0 Å². The largest absolute Gasteiger partial charge is 0.357 e. The average Bonchev–Trinajstić information content (AvgIpc) is 2.95. The molecule has 1 unspecified atom stereocenters. The molecule has 2 saturated heterocycles. The minimum Gasteiger partial charge on any atom is -0.357 e. The molecule has 19 heavy (non-hydrogen) atoms. The van der Waals surface area contributed by atoms with Crippen molar-refractivity contribution in [2.45, 2.75) is 25.3 Å². The molecular formula is C15H23N3O. The van der Waals surface area contributed by atoms with Gasteiger partial charge in [-0.05, 0) is 45.0 Å². The second-order valence-corrected chi connectivity index (χ2v) is 5.91. The van der Waals surface area contributed by atoms with Crippen molar-refractivity contribution in [2.75, 3.05) is 32.7 Å². The van der Waals surface area contributed by atoms with Gasteiger partial charge in [-0.2, -0.15) is 0 Å². The van der Waals surface area contributed by atoms with Crippen LogP contribution >= 0.6 is 0 Å². The van der Waals surface area contributed by atoms with Crippen LogP contribution in [-0.4, -0.2) is 58.9 Å². The van der Waals surface area contributed by atoms with Gasteiger partial charge in [0.05, 0.1) is 6.54 Å². The van der Waals surface area contributed by atoms with Gasteiger partial charge in [0.1, 0.15) is 0 Å². The van der Waals surface area contributed by atoms with Crippen LogP contribution in [0.2, 0.25) is 0 Å². The summed E-state index contributed by atoms with van der Waals surface area (Å²) in [6, 6.07) is 2.60. The number of hydrogen-bond acceptors (Lipinski definition) is 3. The highest BCUT2D eigenvalue weighted by molar-refractivity contribution is 5.97. The Morgan fingerprint density at radius 3 is 2.95 bits per heavy atom. The van der Waals surface area contributed by atoms with Crippen LogP contribution in [0.4, 0.5) is 0 Å². The van der Waals surface area contributed by atoms with E-state index in [0.29, 0.717) is 12.6 Å². The molecule has 1 atom stereocenters. The highest BCUT2D eigenvalue weighted by Crippen LogP contribution is 2.21. The number of rotatable bonds is 3. The summed E-state index contributed by atoms with van der Waals surface area (Å²) in [5.41, 5.74) is 0.843. The molecule has 0 aromatic carbocycles. The van der Waals surface area contributed by atoms with Crippen molar-refractivity contribution in [2.24, 2.45) is 7.05 Å². The van der Waals surface area contributed by atoms with E-state index in [1.165, 1.54) is 32.4 Å². The third-order valence-corrected chi connectivity index (χ3v) is 4.41. The van der Waals surface area contributed by atoms with Crippen LogP contribution in [0, 0.1) is 0 Å². The van der Waals surface area contributed by atoms with E-state index in [0.717, 1.165) is 18.7 Å². The first kappa shape index (κ1) is 12.9. The minimum absolute atomic E-state index is 0.257. The van der Waals surface area contributed by atoms with Crippen molar-refractivity contribution < 1.29 is 4.79 Å². The van der Waals surface area contributed by atoms with Gasteiger partial charge in [-0.1, -0.05) is 0 Å². The van der Waals surface area contributed by atoms with Gasteiger partial charge in [-0.25, -0.2) is 0 Å². The molecular weight excluding hydrogens is 238 g/mol. The molecule has 0 aliphatic carbocycles. The highest BCUT2D eigenvalue weighted by atomic mass is 16.1. The Morgan fingerprint density at radius 1 is 1.32 bits per heavy atom. The van der Waals surface area contributed by atoms with Crippen molar-refractivity contribution in [3.05, 3.63) is 24.0 Å². The SMILES string of the molecule is Cn1ccc(C(=O)CN2CCCN3CCCC3C2)c1. The second-order valence-electron chi connectivity index (χ2n) is 5.91. The molecule has 2 aliphatic rings. The molecule has 2 fully saturated rings. The first-order valence-electron chi connectivity index (χ1n) is 7.34. The van der Waals surface area contributed by atoms with Gasteiger partial charge in [0.15, 0.2) is 5.78 Å². The summed E-state index contributed by atoms with van der Waals surface area (Å²) in [7, 11) is 1.96. The molecule has 0 spiro atoms. The molecule has 1 aromatic rings. The van der Waals surface area contributed by atoms with Gasteiger partial charge in [0.25, 0.3) is 0 Å². The fourth-order valence-corrected chi connectivity index (χ4v) is 3.39. The van der Waals surface area contributed by atoms with Crippen LogP contribution in [0.1, 0.15) is 29.6 Å². The number of carbonyl (C=O) groups is 1. The van der Waals surface area contributed by atoms with Crippen LogP contribution in [0.5, 0.6) is 0 Å². The first-order valence-corrected chi connectivity index (χ1v) is 7.34. The Morgan fingerprint density at radius 2 is 2.16 bits per heavy atom. The Balaban J connectivity index is 1.61. The molecule has 1 aromatic heterocycles. The summed E-state index contributed by atoms with van der Waals surface area (Å²) in [4.78, 5) is 17.2. The maximum Gasteiger partial charge on any atom is 0.178 e. The number of Topliss-reactive ketones (excluding diaryl/α,β-unsaturated/α-hetero) is 1. The maximum absolute atomic E-state index is 12.3. The number of nitrogens with zero attached hydrogens (tertiary/aromatic N) is 3. The molecule has 104 valence electrons. The lowest BCUT2D eigenvalue weighted by Crippen LogP contribution is -2.38. The van der Waals surface area contributed by atoms with Crippen LogP contribution in [-0.2, 0) is 7.05 Å². The molecule has 0 saturated carbocycles. The summed E-state index contributed by atoms with van der Waals surface area (Å²) in [6.07, 6.45) is 7.68. The van der Waals surface area contributed by atoms with Crippen LogP contribution in [0.15, 0.2) is 18.5 Å². The zero-order valence-corrected chi connectivity index (χ0v) is 11.7. The Labute approximate surface area is 115 Å². The zero-order valence-electron chi connectivity index (χ0n) is 11.7. The Kier molecular flexibility index (Phi) is 3.71. The van der Waals surface area contributed by atoms with E-state index in [1.807, 2.05) is 30.1 Å². The van der Waals surface area contributed by atoms with Crippen LogP contribution in [0.25, 0.3) is 0 Å². The molecule has 0 N–H and O–H groups in total. The van der Waals surface area contributed by atoms with E-state index in [-0.39, 0.29) is 5.78 Å². The Hall–Kier alpha value is -1.13. The van der Waals surface area contributed by atoms with Gasteiger partial charge in [-0.15, -0.1) is 0 Å². The molecule has 0 bridgehead atoms. The van der Waals surface area contributed by atoms with Crippen molar-refractivity contribution in [1.29, 1.82) is 0 Å². The van der Waals surface area contributed by atoms with E-state index in [9.17, 15) is 4.79 Å². The summed E-state index contributed by atoms with van der Waals surface area (Å²) in [5.74, 6) is 0.257. The smallest absolute Gasteiger partial charge is 0.178 e. The molecule has 4 nitrogen and oxygen atoms in total. The van der Waals surface area contributed by atoms with Gasteiger partial charge in [0, 0.05) is 37.6 Å². The van der Waals surface area contributed by atoms with Crippen LogP contribution < -0.4 is 0 Å². The van der Waals surface area contributed by atoms with Crippen molar-refractivity contribution >= 4 is 5.78 Å². The van der Waals surface area contributed by atoms with Gasteiger partial charge in [-0.3, -0.25) is 14.6 Å². The molecule has 4 heteroatoms. The van der Waals surface area contributed by atoms with E-state index >= 15 is 0 Å².